The van der Waals surface area contributed by atoms with Crippen molar-refractivity contribution in [2.75, 3.05) is 6.61 Å². The summed E-state index contributed by atoms with van der Waals surface area (Å²) in [6, 6.07) is 18.8. The van der Waals surface area contributed by atoms with Gasteiger partial charge in [0.1, 0.15) is 11.3 Å². The molecule has 1 unspecified atom stereocenters. The molecule has 1 heterocycles. The van der Waals surface area contributed by atoms with Gasteiger partial charge in [-0.05, 0) is 31.2 Å². The first-order chi connectivity index (χ1) is 11.2. The number of rotatable bonds is 6. The van der Waals surface area contributed by atoms with Gasteiger partial charge in [0, 0.05) is 23.4 Å². The van der Waals surface area contributed by atoms with Gasteiger partial charge in [-0.2, -0.15) is 0 Å². The molecule has 0 spiro atoms. The molecule has 1 atom stereocenters. The van der Waals surface area contributed by atoms with Gasteiger partial charge < -0.3 is 9.05 Å². The average Bonchev–Trinajstić information content (AvgIpc) is 2.56. The molecule has 6 heteroatoms. The van der Waals surface area contributed by atoms with Crippen molar-refractivity contribution in [2.45, 2.75) is 6.92 Å². The van der Waals surface area contributed by atoms with E-state index in [4.69, 9.17) is 25.4 Å². The van der Waals surface area contributed by atoms with Gasteiger partial charge in [-0.25, -0.2) is 0 Å². The normalized spacial score (nSPS) is 13.4. The average molecular weight is 345 g/mol. The van der Waals surface area contributed by atoms with Crippen LogP contribution in [0.15, 0.2) is 66.9 Å². The monoisotopic (exact) mass is 345 g/mol. The van der Waals surface area contributed by atoms with Crippen molar-refractivity contribution in [3.05, 3.63) is 66.9 Å². The van der Waals surface area contributed by atoms with Crippen LogP contribution in [0.1, 0.15) is 6.92 Å². The van der Waals surface area contributed by atoms with Crippen molar-refractivity contribution in [1.82, 2.24) is 4.98 Å². The van der Waals surface area contributed by atoms with Gasteiger partial charge in [0.2, 0.25) is 0 Å². The molecule has 0 amide bonds. The topological polar surface area (TPSA) is 40.6 Å². The minimum atomic E-state index is -2.97. The minimum Gasteiger partial charge on any atom is -0.416 e. The molecule has 0 N–H and O–H groups in total. The van der Waals surface area contributed by atoms with Gasteiger partial charge in [-0.15, -0.1) is 0 Å². The quantitative estimate of drug-likeness (QED) is 0.591. The Bertz CT molecular complexity index is 836. The zero-order valence-corrected chi connectivity index (χ0v) is 14.3. The van der Waals surface area contributed by atoms with Crippen LogP contribution in [0, 0.1) is 0 Å². The van der Waals surface area contributed by atoms with Crippen LogP contribution in [0.2, 0.25) is 0 Å². The number of fused-ring (bicyclic) bond motifs is 1. The molecule has 0 saturated heterocycles. The van der Waals surface area contributed by atoms with Crippen molar-refractivity contribution in [3.63, 3.8) is 0 Å². The smallest absolute Gasteiger partial charge is 0.416 e. The fraction of sp³-hybridized carbons (Fsp3) is 0.118. The summed E-state index contributed by atoms with van der Waals surface area (Å²) in [4.78, 5) is 4.37. The highest BCUT2D eigenvalue weighted by atomic mass is 32.5. The summed E-state index contributed by atoms with van der Waals surface area (Å²) in [6.07, 6.45) is 1.72. The van der Waals surface area contributed by atoms with Gasteiger partial charge in [0.25, 0.3) is 0 Å². The summed E-state index contributed by atoms with van der Waals surface area (Å²) >= 11 is 5.54. The molecular formula is C17H16NO3PS. The van der Waals surface area contributed by atoms with Gasteiger partial charge in [0.15, 0.2) is 5.75 Å². The summed E-state index contributed by atoms with van der Waals surface area (Å²) in [5.41, 5.74) is 0.737. The summed E-state index contributed by atoms with van der Waals surface area (Å²) < 4.78 is 17.5. The standard InChI is InChI=1S/C17H16NO3PS/c1-2-19-22(23,20-15-10-4-3-5-11-15)21-16-12-6-8-14-9-7-13-18-17(14)16/h3-13H,2H2,1H3. The molecule has 0 aliphatic rings. The molecule has 0 fully saturated rings. The van der Waals surface area contributed by atoms with E-state index in [-0.39, 0.29) is 0 Å². The SMILES string of the molecule is CCOP(=S)(Oc1ccccc1)Oc1cccc2cccnc12. The molecule has 0 aliphatic carbocycles. The molecule has 1 aromatic heterocycles. The molecule has 0 saturated carbocycles. The van der Waals surface area contributed by atoms with Crippen molar-refractivity contribution < 1.29 is 13.6 Å². The lowest BCUT2D eigenvalue weighted by atomic mass is 10.2. The van der Waals surface area contributed by atoms with Crippen LogP contribution in [0.3, 0.4) is 0 Å². The highest BCUT2D eigenvalue weighted by Gasteiger charge is 2.25. The fourth-order valence-corrected chi connectivity index (χ4v) is 4.15. The van der Waals surface area contributed by atoms with E-state index in [0.717, 1.165) is 10.9 Å². The van der Waals surface area contributed by atoms with E-state index in [0.29, 0.717) is 18.1 Å². The van der Waals surface area contributed by atoms with Crippen molar-refractivity contribution in [1.29, 1.82) is 0 Å². The Kier molecular flexibility index (Phi) is 4.91. The molecule has 118 valence electrons. The Labute approximate surface area is 140 Å². The number of para-hydroxylation sites is 2. The first-order valence-corrected chi connectivity index (χ1v) is 9.78. The summed E-state index contributed by atoms with van der Waals surface area (Å²) in [6.45, 7) is -0.708. The number of hydrogen-bond donors (Lipinski definition) is 0. The maximum atomic E-state index is 5.98. The second-order valence-corrected chi connectivity index (χ2v) is 7.55. The molecule has 0 bridgehead atoms. The molecule has 4 nitrogen and oxygen atoms in total. The maximum absolute atomic E-state index is 5.98. The summed E-state index contributed by atoms with van der Waals surface area (Å²) in [5, 5.41) is 0.975. The van der Waals surface area contributed by atoms with Crippen molar-refractivity contribution in [2.24, 2.45) is 0 Å². The fourth-order valence-electron chi connectivity index (χ4n) is 2.11. The molecule has 3 aromatic rings. The summed E-state index contributed by atoms with van der Waals surface area (Å²) in [7, 11) is 0. The Morgan fingerprint density at radius 2 is 1.74 bits per heavy atom. The number of aromatic nitrogens is 1. The molecule has 0 aliphatic heterocycles. The predicted octanol–water partition coefficient (Wildman–Crippen LogP) is 4.95. The highest BCUT2D eigenvalue weighted by Crippen LogP contribution is 2.50. The van der Waals surface area contributed by atoms with Crippen LogP contribution in [0.4, 0.5) is 0 Å². The molecule has 3 rings (SSSR count). The maximum Gasteiger partial charge on any atom is 0.435 e. The minimum absolute atomic E-state index is 0.405. The first-order valence-electron chi connectivity index (χ1n) is 7.23. The van der Waals surface area contributed by atoms with E-state index in [2.05, 4.69) is 4.98 Å². The van der Waals surface area contributed by atoms with Crippen LogP contribution >= 0.6 is 6.72 Å². The van der Waals surface area contributed by atoms with Gasteiger partial charge in [-0.3, -0.25) is 9.51 Å². The largest absolute Gasteiger partial charge is 0.435 e. The Hall–Kier alpha value is -1.94. The third-order valence-electron chi connectivity index (χ3n) is 3.05. The Morgan fingerprint density at radius 3 is 2.52 bits per heavy atom. The lowest BCUT2D eigenvalue weighted by Crippen LogP contribution is -2.05. The molecular weight excluding hydrogens is 329 g/mol. The lowest BCUT2D eigenvalue weighted by molar-refractivity contribution is 0.277. The second kappa shape index (κ2) is 7.09. The van der Waals surface area contributed by atoms with Crippen LogP contribution in [-0.4, -0.2) is 11.6 Å². The number of pyridine rings is 1. The van der Waals surface area contributed by atoms with Crippen LogP contribution in [0.5, 0.6) is 11.5 Å². The number of benzene rings is 2. The first kappa shape index (κ1) is 15.9. The van der Waals surface area contributed by atoms with Gasteiger partial charge in [-0.1, -0.05) is 36.4 Å². The zero-order chi connectivity index (χ0) is 16.1. The molecule has 23 heavy (non-hydrogen) atoms. The van der Waals surface area contributed by atoms with Crippen LogP contribution in [-0.2, 0) is 16.3 Å². The van der Waals surface area contributed by atoms with E-state index in [1.165, 1.54) is 0 Å². The van der Waals surface area contributed by atoms with Crippen LogP contribution < -0.4 is 9.05 Å². The Morgan fingerprint density at radius 1 is 0.957 bits per heavy atom. The van der Waals surface area contributed by atoms with E-state index in [1.807, 2.05) is 67.6 Å². The van der Waals surface area contributed by atoms with Crippen molar-refractivity contribution >= 4 is 29.4 Å². The number of hydrogen-bond acceptors (Lipinski definition) is 5. The second-order valence-electron chi connectivity index (χ2n) is 4.69. The van der Waals surface area contributed by atoms with Gasteiger partial charge in [0.05, 0.1) is 6.61 Å². The lowest BCUT2D eigenvalue weighted by Gasteiger charge is -2.22. The molecule has 0 radical (unpaired) electrons. The number of nitrogens with zero attached hydrogens (tertiary/aromatic N) is 1. The summed E-state index contributed by atoms with van der Waals surface area (Å²) in [5.74, 6) is 1.19. The van der Waals surface area contributed by atoms with E-state index >= 15 is 0 Å². The highest BCUT2D eigenvalue weighted by molar-refractivity contribution is 8.07. The predicted molar refractivity (Wildman–Crippen MR) is 95.4 cm³/mol. The van der Waals surface area contributed by atoms with Gasteiger partial charge >= 0.3 is 6.72 Å². The van der Waals surface area contributed by atoms with E-state index in [9.17, 15) is 0 Å². The zero-order valence-electron chi connectivity index (χ0n) is 12.6. The third-order valence-corrected chi connectivity index (χ3v) is 5.25. The van der Waals surface area contributed by atoms with E-state index in [1.54, 1.807) is 6.20 Å². The third kappa shape index (κ3) is 3.88. The van der Waals surface area contributed by atoms with Crippen molar-refractivity contribution in [3.8, 4) is 11.5 Å². The molecule has 2 aromatic carbocycles. The Balaban J connectivity index is 1.93. The van der Waals surface area contributed by atoms with Crippen LogP contribution in [0.25, 0.3) is 10.9 Å². The van der Waals surface area contributed by atoms with E-state index < -0.39 is 6.72 Å².